The van der Waals surface area contributed by atoms with Gasteiger partial charge in [-0.1, -0.05) is 6.07 Å². The molecule has 4 rings (SSSR count). The number of pyridine rings is 1. The third-order valence-corrected chi connectivity index (χ3v) is 8.20. The number of aromatic nitrogens is 3. The highest BCUT2D eigenvalue weighted by Gasteiger charge is 2.33. The first-order valence-corrected chi connectivity index (χ1v) is 14.2. The smallest absolute Gasteiger partial charge is 0.279 e. The van der Waals surface area contributed by atoms with Gasteiger partial charge in [0.05, 0.1) is 21.5 Å². The van der Waals surface area contributed by atoms with Crippen molar-refractivity contribution in [2.24, 2.45) is 11.4 Å². The Hall–Kier alpha value is -3.71. The minimum absolute atomic E-state index is 0.0414. The molecular weight excluding hydrogens is 530 g/mol. The lowest BCUT2D eigenvalue weighted by atomic mass is 9.99. The Balaban J connectivity index is 1.75. The van der Waals surface area contributed by atoms with E-state index in [0.29, 0.717) is 29.2 Å². The Morgan fingerprint density at radius 2 is 2.00 bits per heavy atom. The monoisotopic (exact) mass is 560 g/mol. The van der Waals surface area contributed by atoms with Crippen molar-refractivity contribution in [3.05, 3.63) is 54.0 Å². The molecule has 2 aromatic heterocycles. The number of benzene rings is 1. The van der Waals surface area contributed by atoms with Gasteiger partial charge in [-0.15, -0.1) is 0 Å². The second kappa shape index (κ2) is 11.2. The summed E-state index contributed by atoms with van der Waals surface area (Å²) >= 11 is 0. The van der Waals surface area contributed by atoms with Crippen molar-refractivity contribution in [3.63, 3.8) is 0 Å². The number of nitrogens with one attached hydrogen (secondary N) is 1. The second-order valence-electron chi connectivity index (χ2n) is 9.52. The van der Waals surface area contributed by atoms with Gasteiger partial charge in [0.2, 0.25) is 5.92 Å². The molecule has 0 spiro atoms. The minimum Gasteiger partial charge on any atom is -0.386 e. The van der Waals surface area contributed by atoms with Crippen LogP contribution in [-0.2, 0) is 21.6 Å². The van der Waals surface area contributed by atoms with Crippen LogP contribution in [0.3, 0.4) is 0 Å². The molecule has 3 aromatic rings. The third kappa shape index (κ3) is 6.48. The summed E-state index contributed by atoms with van der Waals surface area (Å²) < 4.78 is 46.4. The van der Waals surface area contributed by atoms with Crippen molar-refractivity contribution in [3.8, 4) is 11.1 Å². The standard InChI is InChI=1S/C26H30F2N6O4S/c1-17-21(18-13-30-33(2)15-18)14-29-24(34-10-5-8-26(27,28)9-11-34)23(17)25(37)31-19-6-4-7-20(12-19)39(3,38)32-22(36)16-35/h4,6-7,12-15,35H,5,8-11,16H2,1-3H3,(H,31,37)/t39-/m1/s1. The molecule has 1 fully saturated rings. The maximum Gasteiger partial charge on any atom is 0.279 e. The first-order valence-electron chi connectivity index (χ1n) is 12.3. The van der Waals surface area contributed by atoms with Gasteiger partial charge >= 0.3 is 0 Å². The molecule has 1 saturated heterocycles. The van der Waals surface area contributed by atoms with Crippen molar-refractivity contribution < 1.29 is 27.7 Å². The van der Waals surface area contributed by atoms with Gasteiger partial charge < -0.3 is 15.3 Å². The first kappa shape index (κ1) is 28.3. The summed E-state index contributed by atoms with van der Waals surface area (Å²) in [5.74, 6) is -3.93. The van der Waals surface area contributed by atoms with Gasteiger partial charge in [-0.05, 0) is 37.1 Å². The van der Waals surface area contributed by atoms with Gasteiger partial charge in [0.15, 0.2) is 0 Å². The molecule has 1 aliphatic heterocycles. The number of aliphatic hydroxyl groups is 1. The lowest BCUT2D eigenvalue weighted by Gasteiger charge is -2.26. The number of nitrogens with zero attached hydrogens (tertiary/aromatic N) is 5. The van der Waals surface area contributed by atoms with E-state index < -0.39 is 34.1 Å². The lowest BCUT2D eigenvalue weighted by Crippen LogP contribution is -2.30. The summed E-state index contributed by atoms with van der Waals surface area (Å²) in [4.78, 5) is 31.8. The Morgan fingerprint density at radius 3 is 2.69 bits per heavy atom. The van der Waals surface area contributed by atoms with Crippen LogP contribution in [0.4, 0.5) is 20.3 Å². The quantitative estimate of drug-likeness (QED) is 0.471. The molecule has 0 aliphatic carbocycles. The Labute approximate surface area is 225 Å². The number of hydrogen-bond donors (Lipinski definition) is 2. The molecule has 1 aromatic carbocycles. The molecule has 0 bridgehead atoms. The highest BCUT2D eigenvalue weighted by molar-refractivity contribution is 7.93. The van der Waals surface area contributed by atoms with E-state index in [2.05, 4.69) is 19.8 Å². The van der Waals surface area contributed by atoms with Crippen LogP contribution >= 0.6 is 0 Å². The predicted octanol–water partition coefficient (Wildman–Crippen LogP) is 3.64. The molecule has 10 nitrogen and oxygen atoms in total. The number of carbonyl (C=O) groups excluding carboxylic acids is 2. The zero-order chi connectivity index (χ0) is 28.4. The number of anilines is 2. The topological polar surface area (TPSA) is 130 Å². The maximum absolute atomic E-state index is 14.1. The van der Waals surface area contributed by atoms with Gasteiger partial charge in [0, 0.05) is 73.3 Å². The molecule has 1 aliphatic rings. The summed E-state index contributed by atoms with van der Waals surface area (Å²) in [5.41, 5.74) is 2.53. The van der Waals surface area contributed by atoms with Gasteiger partial charge in [0.25, 0.3) is 11.8 Å². The molecule has 3 heterocycles. The lowest BCUT2D eigenvalue weighted by molar-refractivity contribution is -0.120. The number of aliphatic hydroxyl groups excluding tert-OH is 1. The van der Waals surface area contributed by atoms with E-state index in [1.807, 2.05) is 0 Å². The zero-order valence-electron chi connectivity index (χ0n) is 21.9. The normalized spacial score (nSPS) is 16.7. The maximum atomic E-state index is 14.1. The average Bonchev–Trinajstić information content (AvgIpc) is 3.22. The Kier molecular flexibility index (Phi) is 8.12. The summed E-state index contributed by atoms with van der Waals surface area (Å²) in [6.07, 6.45) is 6.00. The highest BCUT2D eigenvalue weighted by Crippen LogP contribution is 2.34. The van der Waals surface area contributed by atoms with Gasteiger partial charge in [-0.25, -0.2) is 18.0 Å². The van der Waals surface area contributed by atoms with Gasteiger partial charge in [0.1, 0.15) is 12.4 Å². The van der Waals surface area contributed by atoms with E-state index in [9.17, 15) is 22.6 Å². The molecule has 0 radical (unpaired) electrons. The minimum atomic E-state index is -3.17. The average molecular weight is 561 g/mol. The van der Waals surface area contributed by atoms with Crippen molar-refractivity contribution in [2.45, 2.75) is 37.0 Å². The zero-order valence-corrected chi connectivity index (χ0v) is 22.7. The van der Waals surface area contributed by atoms with Crippen molar-refractivity contribution in [1.82, 2.24) is 14.8 Å². The summed E-state index contributed by atoms with van der Waals surface area (Å²) in [7, 11) is -1.40. The fourth-order valence-electron chi connectivity index (χ4n) is 4.51. The van der Waals surface area contributed by atoms with Crippen LogP contribution < -0.4 is 10.2 Å². The highest BCUT2D eigenvalue weighted by atomic mass is 32.2. The van der Waals surface area contributed by atoms with E-state index in [4.69, 9.17) is 5.11 Å². The van der Waals surface area contributed by atoms with Crippen LogP contribution in [0.15, 0.2) is 52.1 Å². The van der Waals surface area contributed by atoms with Crippen molar-refractivity contribution >= 4 is 33.0 Å². The van der Waals surface area contributed by atoms with E-state index >= 15 is 0 Å². The Bertz CT molecular complexity index is 1530. The third-order valence-electron chi connectivity index (χ3n) is 6.52. The van der Waals surface area contributed by atoms with Crippen molar-refractivity contribution in [2.75, 3.05) is 36.2 Å². The fourth-order valence-corrected chi connectivity index (χ4v) is 5.74. The fraction of sp³-hybridized carbons (Fsp3) is 0.385. The molecule has 39 heavy (non-hydrogen) atoms. The molecule has 0 unspecified atom stereocenters. The number of carbonyl (C=O) groups is 2. The predicted molar refractivity (Wildman–Crippen MR) is 143 cm³/mol. The first-order chi connectivity index (χ1) is 18.4. The van der Waals surface area contributed by atoms with Crippen LogP contribution in [0.1, 0.15) is 35.2 Å². The largest absolute Gasteiger partial charge is 0.386 e. The summed E-state index contributed by atoms with van der Waals surface area (Å²) in [6.45, 7) is 1.26. The van der Waals surface area contributed by atoms with Crippen LogP contribution in [0.5, 0.6) is 0 Å². The number of rotatable bonds is 6. The van der Waals surface area contributed by atoms with Crippen LogP contribution in [-0.4, -0.2) is 67.8 Å². The molecule has 1 atom stereocenters. The Morgan fingerprint density at radius 1 is 1.23 bits per heavy atom. The van der Waals surface area contributed by atoms with E-state index in [0.717, 1.165) is 5.56 Å². The van der Waals surface area contributed by atoms with Gasteiger partial charge in [-0.2, -0.15) is 9.46 Å². The molecular formula is C26H30F2N6O4S. The summed E-state index contributed by atoms with van der Waals surface area (Å²) in [5, 5.41) is 16.0. The number of alkyl halides is 2. The second-order valence-corrected chi connectivity index (χ2v) is 11.8. The van der Waals surface area contributed by atoms with Crippen LogP contribution in [0, 0.1) is 6.92 Å². The van der Waals surface area contributed by atoms with E-state index in [1.165, 1.54) is 18.4 Å². The number of aryl methyl sites for hydroxylation is 1. The van der Waals surface area contributed by atoms with Gasteiger partial charge in [-0.3, -0.25) is 14.3 Å². The molecule has 2 N–H and O–H groups in total. The SMILES string of the molecule is Cc1c(-c2cnn(C)c2)cnc(N2CCCC(F)(F)CC2)c1C(=O)Nc1cccc([S@@](C)(=O)=NC(=O)CO)c1. The number of amides is 2. The molecule has 13 heteroatoms. The van der Waals surface area contributed by atoms with Crippen LogP contribution in [0.2, 0.25) is 0 Å². The van der Waals surface area contributed by atoms with E-state index in [1.54, 1.807) is 54.3 Å². The number of hydrogen-bond acceptors (Lipinski definition) is 7. The summed E-state index contributed by atoms with van der Waals surface area (Å²) in [6, 6.07) is 6.09. The molecule has 0 saturated carbocycles. The van der Waals surface area contributed by atoms with E-state index in [-0.39, 0.29) is 36.3 Å². The molecule has 2 amide bonds. The van der Waals surface area contributed by atoms with Crippen molar-refractivity contribution in [1.29, 1.82) is 0 Å². The molecule has 208 valence electrons. The number of halogens is 2. The van der Waals surface area contributed by atoms with Crippen LogP contribution in [0.25, 0.3) is 11.1 Å².